The van der Waals surface area contributed by atoms with Crippen molar-refractivity contribution in [2.45, 2.75) is 18.9 Å². The van der Waals surface area contributed by atoms with Gasteiger partial charge in [-0.1, -0.05) is 60.7 Å². The first-order valence-corrected chi connectivity index (χ1v) is 7.53. The van der Waals surface area contributed by atoms with Gasteiger partial charge >= 0.3 is 0 Å². The van der Waals surface area contributed by atoms with E-state index in [0.717, 1.165) is 23.3 Å². The molecule has 0 bridgehead atoms. The molecule has 0 saturated heterocycles. The van der Waals surface area contributed by atoms with Crippen LogP contribution in [0.15, 0.2) is 65.7 Å². The lowest BCUT2D eigenvalue weighted by molar-refractivity contribution is 0.719. The number of nitriles is 1. The monoisotopic (exact) mass is 296 g/mol. The van der Waals surface area contributed by atoms with Gasteiger partial charge in [0.1, 0.15) is 6.04 Å². The summed E-state index contributed by atoms with van der Waals surface area (Å²) in [4.78, 5) is 4.67. The third-order valence-electron chi connectivity index (χ3n) is 3.14. The number of hydrogen-bond acceptors (Lipinski definition) is 2. The van der Waals surface area contributed by atoms with Gasteiger partial charge in [0.2, 0.25) is 0 Å². The summed E-state index contributed by atoms with van der Waals surface area (Å²) in [7, 11) is 0. The lowest BCUT2D eigenvalue weighted by Crippen LogP contribution is -2.10. The summed E-state index contributed by atoms with van der Waals surface area (Å²) in [5.41, 5.74) is 2.90. The number of rotatable bonds is 6. The second kappa shape index (κ2) is 8.24. The number of aliphatic imine (C=N–C) groups is 1. The van der Waals surface area contributed by atoms with Crippen molar-refractivity contribution in [1.29, 1.82) is 5.26 Å². The zero-order valence-electron chi connectivity index (χ0n) is 11.7. The van der Waals surface area contributed by atoms with E-state index in [9.17, 15) is 5.26 Å². The summed E-state index contributed by atoms with van der Waals surface area (Å²) in [6.45, 7) is 0. The Labute approximate surface area is 130 Å². The van der Waals surface area contributed by atoms with Gasteiger partial charge in [-0.05, 0) is 12.8 Å². The molecule has 0 radical (unpaired) electrons. The summed E-state index contributed by atoms with van der Waals surface area (Å²) in [6, 6.07) is 21.8. The Morgan fingerprint density at radius 2 is 1.52 bits per heavy atom. The second-order valence-corrected chi connectivity index (χ2v) is 5.06. The fourth-order valence-corrected chi connectivity index (χ4v) is 2.25. The van der Waals surface area contributed by atoms with Crippen LogP contribution in [0.4, 0.5) is 0 Å². The van der Waals surface area contributed by atoms with E-state index in [1.165, 1.54) is 0 Å². The fraction of sp³-hybridized carbons (Fsp3) is 0.222. The van der Waals surface area contributed by atoms with E-state index < -0.39 is 0 Å². The lowest BCUT2D eigenvalue weighted by Gasteiger charge is -2.10. The van der Waals surface area contributed by atoms with Gasteiger partial charge < -0.3 is 0 Å². The molecule has 2 rings (SSSR count). The molecule has 0 aromatic heterocycles. The highest BCUT2D eigenvalue weighted by Crippen LogP contribution is 2.14. The number of hydrogen-bond donors (Lipinski definition) is 0. The Balaban J connectivity index is 2.39. The number of nitrogens with zero attached hydrogens (tertiary/aromatic N) is 2. The van der Waals surface area contributed by atoms with Crippen LogP contribution >= 0.6 is 11.6 Å². The Bertz CT molecular complexity index is 573. The lowest BCUT2D eigenvalue weighted by atomic mass is 10.0. The summed E-state index contributed by atoms with van der Waals surface area (Å²) in [5.74, 6) is 0.555. The Morgan fingerprint density at radius 3 is 1.95 bits per heavy atom. The summed E-state index contributed by atoms with van der Waals surface area (Å²) in [6.07, 6.45) is 1.48. The maximum absolute atomic E-state index is 9.30. The Kier molecular flexibility index (Phi) is 5.99. The zero-order valence-corrected chi connectivity index (χ0v) is 12.5. The summed E-state index contributed by atoms with van der Waals surface area (Å²) >= 11 is 5.72. The number of halogens is 1. The Hall–Kier alpha value is -2.11. The molecule has 3 heteroatoms. The molecule has 0 spiro atoms. The molecule has 21 heavy (non-hydrogen) atoms. The van der Waals surface area contributed by atoms with Crippen LogP contribution in [0.2, 0.25) is 0 Å². The van der Waals surface area contributed by atoms with Crippen molar-refractivity contribution in [2.24, 2.45) is 4.99 Å². The molecule has 0 aliphatic carbocycles. The van der Waals surface area contributed by atoms with E-state index in [2.05, 4.69) is 11.1 Å². The molecular weight excluding hydrogens is 280 g/mol. The van der Waals surface area contributed by atoms with Crippen molar-refractivity contribution in [1.82, 2.24) is 0 Å². The molecule has 0 aliphatic heterocycles. The molecule has 0 saturated carbocycles. The predicted molar refractivity (Wildman–Crippen MR) is 87.9 cm³/mol. The second-order valence-electron chi connectivity index (χ2n) is 4.69. The van der Waals surface area contributed by atoms with Crippen LogP contribution in [0, 0.1) is 11.3 Å². The van der Waals surface area contributed by atoms with Crippen LogP contribution < -0.4 is 0 Å². The van der Waals surface area contributed by atoms with Crippen molar-refractivity contribution in [2.75, 3.05) is 5.88 Å². The highest BCUT2D eigenvalue weighted by Gasteiger charge is 2.11. The smallest absolute Gasteiger partial charge is 0.137 e. The maximum atomic E-state index is 9.30. The van der Waals surface area contributed by atoms with Gasteiger partial charge in [0, 0.05) is 17.0 Å². The van der Waals surface area contributed by atoms with Crippen molar-refractivity contribution in [3.05, 3.63) is 71.8 Å². The molecule has 2 nitrogen and oxygen atoms in total. The van der Waals surface area contributed by atoms with Gasteiger partial charge in [-0.3, -0.25) is 4.99 Å². The number of alkyl halides is 1. The van der Waals surface area contributed by atoms with E-state index in [0.29, 0.717) is 12.3 Å². The van der Waals surface area contributed by atoms with Crippen LogP contribution in [0.3, 0.4) is 0 Å². The zero-order chi connectivity index (χ0) is 14.9. The first-order chi connectivity index (χ1) is 10.3. The summed E-state index contributed by atoms with van der Waals surface area (Å²) < 4.78 is 0. The SMILES string of the molecule is N#CC(CCCCl)N=C(c1ccccc1)c1ccccc1. The van der Waals surface area contributed by atoms with Gasteiger partial charge in [-0.15, -0.1) is 11.6 Å². The summed E-state index contributed by atoms with van der Waals surface area (Å²) in [5, 5.41) is 9.30. The van der Waals surface area contributed by atoms with E-state index >= 15 is 0 Å². The largest absolute Gasteiger partial charge is 0.266 e. The van der Waals surface area contributed by atoms with Crippen LogP contribution in [0.1, 0.15) is 24.0 Å². The normalized spacial score (nSPS) is 11.4. The molecule has 2 aromatic rings. The van der Waals surface area contributed by atoms with Crippen LogP contribution in [-0.4, -0.2) is 17.6 Å². The minimum absolute atomic E-state index is 0.362. The van der Waals surface area contributed by atoms with E-state index in [1.807, 2.05) is 60.7 Å². The van der Waals surface area contributed by atoms with E-state index in [-0.39, 0.29) is 6.04 Å². The average molecular weight is 297 g/mol. The van der Waals surface area contributed by atoms with Crippen molar-refractivity contribution < 1.29 is 0 Å². The first kappa shape index (κ1) is 15.3. The van der Waals surface area contributed by atoms with Gasteiger partial charge in [-0.2, -0.15) is 5.26 Å². The third-order valence-corrected chi connectivity index (χ3v) is 3.41. The molecule has 0 heterocycles. The molecule has 0 N–H and O–H groups in total. The maximum Gasteiger partial charge on any atom is 0.137 e. The van der Waals surface area contributed by atoms with Crippen LogP contribution in [0.25, 0.3) is 0 Å². The molecule has 2 aromatic carbocycles. The standard InChI is InChI=1S/C18H17ClN2/c19-13-7-12-17(14-20)21-18(15-8-3-1-4-9-15)16-10-5-2-6-11-16/h1-6,8-11,17H,7,12-13H2. The van der Waals surface area contributed by atoms with Crippen molar-refractivity contribution >= 4 is 17.3 Å². The molecule has 106 valence electrons. The molecular formula is C18H17ClN2. The van der Waals surface area contributed by atoms with Crippen molar-refractivity contribution in [3.8, 4) is 6.07 Å². The molecule has 1 atom stereocenters. The van der Waals surface area contributed by atoms with Gasteiger partial charge in [0.15, 0.2) is 0 Å². The van der Waals surface area contributed by atoms with Crippen molar-refractivity contribution in [3.63, 3.8) is 0 Å². The van der Waals surface area contributed by atoms with Crippen LogP contribution in [0.5, 0.6) is 0 Å². The van der Waals surface area contributed by atoms with Gasteiger partial charge in [-0.25, -0.2) is 0 Å². The van der Waals surface area contributed by atoms with Crippen LogP contribution in [-0.2, 0) is 0 Å². The predicted octanol–water partition coefficient (Wildman–Crippen LogP) is 4.44. The fourth-order valence-electron chi connectivity index (χ4n) is 2.09. The third kappa shape index (κ3) is 4.44. The minimum Gasteiger partial charge on any atom is -0.266 e. The number of benzene rings is 2. The van der Waals surface area contributed by atoms with Gasteiger partial charge in [0.05, 0.1) is 11.8 Å². The minimum atomic E-state index is -0.362. The highest BCUT2D eigenvalue weighted by atomic mass is 35.5. The molecule has 0 aliphatic rings. The Morgan fingerprint density at radius 1 is 1.00 bits per heavy atom. The quantitative estimate of drug-likeness (QED) is 0.573. The first-order valence-electron chi connectivity index (χ1n) is 6.99. The topological polar surface area (TPSA) is 36.1 Å². The molecule has 0 fully saturated rings. The van der Waals surface area contributed by atoms with Gasteiger partial charge in [0.25, 0.3) is 0 Å². The highest BCUT2D eigenvalue weighted by molar-refractivity contribution is 6.17. The average Bonchev–Trinajstić information content (AvgIpc) is 2.57. The van der Waals surface area contributed by atoms with E-state index in [1.54, 1.807) is 0 Å². The molecule has 1 unspecified atom stereocenters. The van der Waals surface area contributed by atoms with E-state index in [4.69, 9.17) is 11.6 Å². The molecule has 0 amide bonds.